The number of ether oxygens (including phenoxy) is 1. The number of benzene rings is 2. The van der Waals surface area contributed by atoms with Crippen molar-refractivity contribution in [2.45, 2.75) is 13.3 Å². The van der Waals surface area contributed by atoms with Crippen molar-refractivity contribution in [1.82, 2.24) is 5.32 Å². The van der Waals surface area contributed by atoms with Crippen LogP contribution in [0.1, 0.15) is 22.8 Å². The molecule has 0 saturated heterocycles. The largest absolute Gasteiger partial charge is 0.462 e. The summed E-state index contributed by atoms with van der Waals surface area (Å²) in [4.78, 5) is 23.4. The third-order valence-corrected chi connectivity index (χ3v) is 3.80. The molecule has 5 nitrogen and oxygen atoms in total. The summed E-state index contributed by atoms with van der Waals surface area (Å²) in [6.45, 7) is 2.63. The molecule has 2 amide bonds. The summed E-state index contributed by atoms with van der Waals surface area (Å²) >= 11 is 3.39. The number of rotatable bonds is 6. The Morgan fingerprint density at radius 3 is 2.33 bits per heavy atom. The number of hydrogen-bond acceptors (Lipinski definition) is 3. The molecule has 0 aliphatic carbocycles. The number of hydrogen-bond donors (Lipinski definition) is 2. The van der Waals surface area contributed by atoms with Crippen LogP contribution in [-0.2, 0) is 11.2 Å². The topological polar surface area (TPSA) is 67.4 Å². The smallest absolute Gasteiger partial charge is 0.338 e. The van der Waals surface area contributed by atoms with E-state index < -0.39 is 0 Å². The maximum atomic E-state index is 11.9. The maximum absolute atomic E-state index is 11.9. The van der Waals surface area contributed by atoms with Crippen LogP contribution in [-0.4, -0.2) is 25.2 Å². The zero-order valence-corrected chi connectivity index (χ0v) is 14.9. The van der Waals surface area contributed by atoms with E-state index in [0.717, 1.165) is 16.5 Å². The molecular formula is C18H19BrN2O3. The molecule has 0 fully saturated rings. The van der Waals surface area contributed by atoms with Crippen LogP contribution in [0.5, 0.6) is 0 Å². The molecular weight excluding hydrogens is 372 g/mol. The molecule has 0 saturated carbocycles. The second kappa shape index (κ2) is 9.08. The standard InChI is InChI=1S/C18H19BrN2O3/c1-2-24-17(22)14-5-9-16(10-6-14)21-18(23)20-12-11-13-3-7-15(19)8-4-13/h3-10H,2,11-12H2,1H3,(H2,20,21,23). The zero-order chi connectivity index (χ0) is 17.4. The highest BCUT2D eigenvalue weighted by atomic mass is 79.9. The number of carbonyl (C=O) groups is 2. The molecule has 2 rings (SSSR count). The summed E-state index contributed by atoms with van der Waals surface area (Å²) in [5.74, 6) is -0.372. The Morgan fingerprint density at radius 2 is 1.71 bits per heavy atom. The molecule has 0 bridgehead atoms. The first kappa shape index (κ1) is 18.0. The predicted octanol–water partition coefficient (Wildman–Crippen LogP) is 3.99. The Hall–Kier alpha value is -2.34. The Balaban J connectivity index is 1.77. The number of carbonyl (C=O) groups excluding carboxylic acids is 2. The summed E-state index contributed by atoms with van der Waals surface area (Å²) < 4.78 is 5.94. The van der Waals surface area contributed by atoms with E-state index in [1.165, 1.54) is 0 Å². The fourth-order valence-corrected chi connectivity index (χ4v) is 2.32. The molecule has 126 valence electrons. The van der Waals surface area contributed by atoms with Crippen molar-refractivity contribution in [3.05, 3.63) is 64.1 Å². The van der Waals surface area contributed by atoms with Crippen molar-refractivity contribution < 1.29 is 14.3 Å². The van der Waals surface area contributed by atoms with Gasteiger partial charge in [0, 0.05) is 16.7 Å². The number of anilines is 1. The summed E-state index contributed by atoms with van der Waals surface area (Å²) in [6, 6.07) is 14.3. The average molecular weight is 391 g/mol. The predicted molar refractivity (Wildman–Crippen MR) is 97.3 cm³/mol. The van der Waals surface area contributed by atoms with Gasteiger partial charge in [0.2, 0.25) is 0 Å². The maximum Gasteiger partial charge on any atom is 0.338 e. The van der Waals surface area contributed by atoms with E-state index in [2.05, 4.69) is 26.6 Å². The van der Waals surface area contributed by atoms with Gasteiger partial charge < -0.3 is 15.4 Å². The molecule has 0 aromatic heterocycles. The molecule has 6 heteroatoms. The van der Waals surface area contributed by atoms with E-state index in [-0.39, 0.29) is 12.0 Å². The Labute approximate surface area is 149 Å². The highest BCUT2D eigenvalue weighted by molar-refractivity contribution is 9.10. The minimum Gasteiger partial charge on any atom is -0.462 e. The lowest BCUT2D eigenvalue weighted by atomic mass is 10.1. The minimum atomic E-state index is -0.372. The van der Waals surface area contributed by atoms with Crippen LogP contribution in [0, 0.1) is 0 Å². The Morgan fingerprint density at radius 1 is 1.04 bits per heavy atom. The number of amides is 2. The second-order valence-corrected chi connectivity index (χ2v) is 5.97. The van der Waals surface area contributed by atoms with Crippen molar-refractivity contribution in [2.24, 2.45) is 0 Å². The van der Waals surface area contributed by atoms with Crippen molar-refractivity contribution in [3.63, 3.8) is 0 Å². The fourth-order valence-electron chi connectivity index (χ4n) is 2.05. The third-order valence-electron chi connectivity index (χ3n) is 3.27. The van der Waals surface area contributed by atoms with E-state index in [4.69, 9.17) is 4.74 Å². The number of esters is 1. The van der Waals surface area contributed by atoms with E-state index in [9.17, 15) is 9.59 Å². The van der Waals surface area contributed by atoms with E-state index >= 15 is 0 Å². The summed E-state index contributed by atoms with van der Waals surface area (Å²) in [5, 5.41) is 5.52. The van der Waals surface area contributed by atoms with Crippen molar-refractivity contribution in [1.29, 1.82) is 0 Å². The number of halogens is 1. The van der Waals surface area contributed by atoms with Crippen LogP contribution in [0.25, 0.3) is 0 Å². The van der Waals surface area contributed by atoms with Crippen LogP contribution >= 0.6 is 15.9 Å². The number of urea groups is 1. The van der Waals surface area contributed by atoms with E-state index in [1.807, 2.05) is 24.3 Å². The van der Waals surface area contributed by atoms with Gasteiger partial charge in [0.15, 0.2) is 0 Å². The first-order valence-corrected chi connectivity index (χ1v) is 8.44. The number of nitrogens with one attached hydrogen (secondary N) is 2. The SMILES string of the molecule is CCOC(=O)c1ccc(NC(=O)NCCc2ccc(Br)cc2)cc1. The highest BCUT2D eigenvalue weighted by Crippen LogP contribution is 2.11. The summed E-state index contributed by atoms with van der Waals surface area (Å²) in [6.07, 6.45) is 0.752. The average Bonchev–Trinajstić information content (AvgIpc) is 2.57. The fraction of sp³-hybridized carbons (Fsp3) is 0.222. The van der Waals surface area contributed by atoms with Gasteiger partial charge in [0.05, 0.1) is 12.2 Å². The molecule has 0 spiro atoms. The minimum absolute atomic E-state index is 0.281. The monoisotopic (exact) mass is 390 g/mol. The van der Waals surface area contributed by atoms with Gasteiger partial charge in [0.1, 0.15) is 0 Å². The lowest BCUT2D eigenvalue weighted by Gasteiger charge is -2.08. The Bertz CT molecular complexity index is 684. The van der Waals surface area contributed by atoms with Gasteiger partial charge in [-0.1, -0.05) is 28.1 Å². The molecule has 24 heavy (non-hydrogen) atoms. The van der Waals surface area contributed by atoms with Gasteiger partial charge in [-0.05, 0) is 55.3 Å². The van der Waals surface area contributed by atoms with Gasteiger partial charge >= 0.3 is 12.0 Å². The molecule has 0 heterocycles. The van der Waals surface area contributed by atoms with E-state index in [0.29, 0.717) is 24.4 Å². The molecule has 0 aliphatic heterocycles. The third kappa shape index (κ3) is 5.70. The zero-order valence-electron chi connectivity index (χ0n) is 13.3. The van der Waals surface area contributed by atoms with Crippen molar-refractivity contribution in [3.8, 4) is 0 Å². The molecule has 0 radical (unpaired) electrons. The first-order valence-electron chi connectivity index (χ1n) is 7.65. The summed E-state index contributed by atoms with van der Waals surface area (Å²) in [7, 11) is 0. The van der Waals surface area contributed by atoms with Crippen molar-refractivity contribution in [2.75, 3.05) is 18.5 Å². The molecule has 0 aliphatic rings. The molecule has 0 atom stereocenters. The molecule has 0 unspecified atom stereocenters. The normalized spacial score (nSPS) is 10.1. The van der Waals surface area contributed by atoms with Gasteiger partial charge in [0.25, 0.3) is 0 Å². The van der Waals surface area contributed by atoms with Gasteiger partial charge in [-0.15, -0.1) is 0 Å². The van der Waals surface area contributed by atoms with Crippen molar-refractivity contribution >= 4 is 33.6 Å². The Kier molecular flexibility index (Phi) is 6.81. The van der Waals surface area contributed by atoms with Crippen LogP contribution in [0.4, 0.5) is 10.5 Å². The lowest BCUT2D eigenvalue weighted by Crippen LogP contribution is -2.30. The quantitative estimate of drug-likeness (QED) is 0.732. The second-order valence-electron chi connectivity index (χ2n) is 5.06. The van der Waals surface area contributed by atoms with Gasteiger partial charge in [-0.3, -0.25) is 0 Å². The van der Waals surface area contributed by atoms with Gasteiger partial charge in [-0.25, -0.2) is 9.59 Å². The first-order chi connectivity index (χ1) is 11.6. The molecule has 2 aromatic rings. The molecule has 2 aromatic carbocycles. The van der Waals surface area contributed by atoms with Crippen LogP contribution < -0.4 is 10.6 Å². The molecule has 2 N–H and O–H groups in total. The van der Waals surface area contributed by atoms with E-state index in [1.54, 1.807) is 31.2 Å². The van der Waals surface area contributed by atoms with Crippen LogP contribution in [0.3, 0.4) is 0 Å². The van der Waals surface area contributed by atoms with Gasteiger partial charge in [-0.2, -0.15) is 0 Å². The lowest BCUT2D eigenvalue weighted by molar-refractivity contribution is 0.0526. The summed E-state index contributed by atoms with van der Waals surface area (Å²) in [5.41, 5.74) is 2.22. The highest BCUT2D eigenvalue weighted by Gasteiger charge is 2.07. The van der Waals surface area contributed by atoms with Crippen LogP contribution in [0.2, 0.25) is 0 Å². The van der Waals surface area contributed by atoms with Crippen LogP contribution in [0.15, 0.2) is 53.0 Å².